The second kappa shape index (κ2) is 5.86. The minimum atomic E-state index is -0.192. The summed E-state index contributed by atoms with van der Waals surface area (Å²) in [7, 11) is 0. The molecule has 1 aliphatic carbocycles. The normalized spacial score (nSPS) is 26.7. The number of dihydropyridines is 1. The van der Waals surface area contributed by atoms with Crippen molar-refractivity contribution in [3.8, 4) is 0 Å². The van der Waals surface area contributed by atoms with Crippen LogP contribution in [0.25, 0.3) is 0 Å². The van der Waals surface area contributed by atoms with Crippen molar-refractivity contribution in [3.63, 3.8) is 0 Å². The number of carbonyl (C=O) groups is 1. The fourth-order valence-electron chi connectivity index (χ4n) is 4.33. The summed E-state index contributed by atoms with van der Waals surface area (Å²) in [5.41, 5.74) is 4.09. The van der Waals surface area contributed by atoms with E-state index in [0.717, 1.165) is 35.6 Å². The van der Waals surface area contributed by atoms with Crippen LogP contribution in [0.15, 0.2) is 46.9 Å². The van der Waals surface area contributed by atoms with Crippen LogP contribution in [0.3, 0.4) is 0 Å². The minimum Gasteiger partial charge on any atom is -0.354 e. The second-order valence-corrected chi connectivity index (χ2v) is 9.38. The average Bonchev–Trinajstić information content (AvgIpc) is 2.51. The van der Waals surface area contributed by atoms with E-state index < -0.39 is 0 Å². The first-order chi connectivity index (χ1) is 12.2. The van der Waals surface area contributed by atoms with Gasteiger partial charge in [0.25, 0.3) is 0 Å². The first-order valence-corrected chi connectivity index (χ1v) is 9.58. The lowest BCUT2D eigenvalue weighted by molar-refractivity contribution is -0.118. The molecule has 0 amide bonds. The van der Waals surface area contributed by atoms with Gasteiger partial charge in [0.1, 0.15) is 5.82 Å². The molecule has 1 unspecified atom stereocenters. The molecule has 1 aromatic rings. The highest BCUT2D eigenvalue weighted by Gasteiger charge is 2.43. The summed E-state index contributed by atoms with van der Waals surface area (Å²) < 4.78 is 0. The van der Waals surface area contributed by atoms with Gasteiger partial charge in [-0.1, -0.05) is 37.6 Å². The Balaban J connectivity index is 1.85. The summed E-state index contributed by atoms with van der Waals surface area (Å²) in [5.74, 6) is 1.26. The highest BCUT2D eigenvalue weighted by atomic mass is 35.5. The molecule has 0 saturated carbocycles. The summed E-state index contributed by atoms with van der Waals surface area (Å²) in [6.45, 7) is 9.31. The second-order valence-electron chi connectivity index (χ2n) is 8.95. The number of Topliss-reactive ketones (excluding diaryl/α,β-unsaturated/α-hetero) is 1. The molecule has 0 radical (unpaired) electrons. The summed E-state index contributed by atoms with van der Waals surface area (Å²) in [5, 5.41) is 11.4. The number of hydrogen-bond acceptors (Lipinski definition) is 4. The van der Waals surface area contributed by atoms with E-state index in [-0.39, 0.29) is 22.8 Å². The van der Waals surface area contributed by atoms with Crippen LogP contribution in [0.2, 0.25) is 5.02 Å². The number of benzene rings is 1. The van der Waals surface area contributed by atoms with Gasteiger partial charge >= 0.3 is 0 Å². The predicted molar refractivity (Wildman–Crippen MR) is 105 cm³/mol. The standard InChI is InChI=1S/C21H26ClN3O/c1-20(2)9-15-18(16(26)10-20)17(12-5-7-13(22)8-6-12)14-11-23-21(3,4)25-19(14)24-15/h5-8,17,23-25H,9-11H2,1-4H3. The van der Waals surface area contributed by atoms with Gasteiger partial charge in [0.05, 0.1) is 5.66 Å². The zero-order chi connectivity index (χ0) is 18.7. The Morgan fingerprint density at radius 3 is 2.46 bits per heavy atom. The van der Waals surface area contributed by atoms with Crippen molar-refractivity contribution in [2.75, 3.05) is 6.54 Å². The van der Waals surface area contributed by atoms with Crippen molar-refractivity contribution in [1.82, 2.24) is 16.0 Å². The van der Waals surface area contributed by atoms with Gasteiger partial charge in [-0.3, -0.25) is 10.1 Å². The Bertz CT molecular complexity index is 833. The first-order valence-electron chi connectivity index (χ1n) is 9.20. The predicted octanol–water partition coefficient (Wildman–Crippen LogP) is 3.81. The van der Waals surface area contributed by atoms with E-state index in [1.165, 1.54) is 5.57 Å². The maximum Gasteiger partial charge on any atom is 0.162 e. The molecule has 26 heavy (non-hydrogen) atoms. The average molecular weight is 372 g/mol. The Kier molecular flexibility index (Phi) is 3.97. The maximum atomic E-state index is 13.1. The lowest BCUT2D eigenvalue weighted by Gasteiger charge is -2.45. The van der Waals surface area contributed by atoms with Gasteiger partial charge in [-0.2, -0.15) is 0 Å². The van der Waals surface area contributed by atoms with Crippen LogP contribution >= 0.6 is 11.6 Å². The molecule has 0 spiro atoms. The van der Waals surface area contributed by atoms with Crippen molar-refractivity contribution < 1.29 is 4.79 Å². The molecular formula is C21H26ClN3O. The number of nitrogens with one attached hydrogen (secondary N) is 3. The van der Waals surface area contributed by atoms with E-state index >= 15 is 0 Å². The highest BCUT2D eigenvalue weighted by molar-refractivity contribution is 6.30. The number of allylic oxidation sites excluding steroid dienone is 2. The zero-order valence-corrected chi connectivity index (χ0v) is 16.6. The zero-order valence-electron chi connectivity index (χ0n) is 15.8. The topological polar surface area (TPSA) is 53.2 Å². The largest absolute Gasteiger partial charge is 0.354 e. The molecule has 2 heterocycles. The lowest BCUT2D eigenvalue weighted by Crippen LogP contribution is -2.60. The van der Waals surface area contributed by atoms with E-state index in [2.05, 4.69) is 43.6 Å². The number of halogens is 1. The molecule has 0 saturated heterocycles. The molecule has 2 aliphatic heterocycles. The molecule has 1 atom stereocenters. The van der Waals surface area contributed by atoms with Crippen LogP contribution < -0.4 is 16.0 Å². The van der Waals surface area contributed by atoms with E-state index in [1.54, 1.807) is 0 Å². The maximum absolute atomic E-state index is 13.1. The van der Waals surface area contributed by atoms with E-state index in [4.69, 9.17) is 11.6 Å². The van der Waals surface area contributed by atoms with Gasteiger partial charge in [-0.25, -0.2) is 0 Å². The summed E-state index contributed by atoms with van der Waals surface area (Å²) in [4.78, 5) is 13.1. The van der Waals surface area contributed by atoms with Crippen molar-refractivity contribution in [3.05, 3.63) is 57.5 Å². The Hall–Kier alpha value is -1.78. The Morgan fingerprint density at radius 2 is 1.77 bits per heavy atom. The molecule has 1 aromatic carbocycles. The van der Waals surface area contributed by atoms with E-state index in [1.807, 2.05) is 24.3 Å². The molecular weight excluding hydrogens is 346 g/mol. The summed E-state index contributed by atoms with van der Waals surface area (Å²) in [6, 6.07) is 7.90. The van der Waals surface area contributed by atoms with Crippen molar-refractivity contribution in [2.45, 2.75) is 52.1 Å². The first kappa shape index (κ1) is 17.6. The molecule has 3 N–H and O–H groups in total. The van der Waals surface area contributed by atoms with Gasteiger partial charge in [0.15, 0.2) is 5.78 Å². The van der Waals surface area contributed by atoms with Gasteiger partial charge < -0.3 is 10.6 Å². The smallest absolute Gasteiger partial charge is 0.162 e. The van der Waals surface area contributed by atoms with Crippen molar-refractivity contribution in [1.29, 1.82) is 0 Å². The third-order valence-corrected chi connectivity index (χ3v) is 5.77. The Morgan fingerprint density at radius 1 is 1.08 bits per heavy atom. The Labute approximate surface area is 160 Å². The summed E-state index contributed by atoms with van der Waals surface area (Å²) >= 11 is 6.10. The number of ketones is 1. The van der Waals surface area contributed by atoms with Crippen LogP contribution in [0.1, 0.15) is 52.0 Å². The third-order valence-electron chi connectivity index (χ3n) is 5.52. The SMILES string of the molecule is CC1(C)CC(=O)C2=C(C1)NC1=C(CNC(C)(C)N1)C2c1ccc(Cl)cc1. The molecule has 4 nitrogen and oxygen atoms in total. The number of carbonyl (C=O) groups excluding carboxylic acids is 1. The fraction of sp³-hybridized carbons (Fsp3) is 0.476. The molecule has 0 aromatic heterocycles. The van der Waals surface area contributed by atoms with Crippen LogP contribution in [0, 0.1) is 5.41 Å². The molecule has 4 rings (SSSR count). The van der Waals surface area contributed by atoms with Crippen LogP contribution in [-0.2, 0) is 4.79 Å². The lowest BCUT2D eigenvalue weighted by atomic mass is 9.68. The fourth-order valence-corrected chi connectivity index (χ4v) is 4.45. The van der Waals surface area contributed by atoms with Crippen molar-refractivity contribution >= 4 is 17.4 Å². The third kappa shape index (κ3) is 3.06. The number of rotatable bonds is 1. The molecule has 3 aliphatic rings. The molecule has 138 valence electrons. The van der Waals surface area contributed by atoms with Gasteiger partial charge in [-0.15, -0.1) is 0 Å². The molecule has 5 heteroatoms. The quantitative estimate of drug-likeness (QED) is 0.702. The monoisotopic (exact) mass is 371 g/mol. The van der Waals surface area contributed by atoms with Crippen LogP contribution in [0.5, 0.6) is 0 Å². The van der Waals surface area contributed by atoms with Crippen LogP contribution in [-0.4, -0.2) is 18.0 Å². The van der Waals surface area contributed by atoms with Gasteiger partial charge in [0, 0.05) is 35.2 Å². The highest BCUT2D eigenvalue weighted by Crippen LogP contribution is 2.46. The van der Waals surface area contributed by atoms with Gasteiger partial charge in [0.2, 0.25) is 0 Å². The summed E-state index contributed by atoms with van der Waals surface area (Å²) in [6.07, 6.45) is 1.47. The minimum absolute atomic E-state index is 0.0199. The van der Waals surface area contributed by atoms with Gasteiger partial charge in [-0.05, 0) is 49.0 Å². The van der Waals surface area contributed by atoms with E-state index in [9.17, 15) is 4.79 Å². The number of hydrogen-bond donors (Lipinski definition) is 3. The molecule has 0 bridgehead atoms. The van der Waals surface area contributed by atoms with E-state index in [0.29, 0.717) is 11.4 Å². The van der Waals surface area contributed by atoms with Crippen molar-refractivity contribution in [2.24, 2.45) is 5.41 Å². The molecule has 0 fully saturated rings. The van der Waals surface area contributed by atoms with Crippen LogP contribution in [0.4, 0.5) is 0 Å².